The second kappa shape index (κ2) is 6.78. The van der Waals surface area contributed by atoms with Gasteiger partial charge in [0.15, 0.2) is 0 Å². The average molecular weight is 376 g/mol. The molecular weight excluding hydrogens is 362 g/mol. The molecule has 1 atom stereocenters. The largest absolute Gasteiger partial charge is 0.497 e. The van der Waals surface area contributed by atoms with E-state index in [1.807, 2.05) is 24.3 Å². The number of ether oxygens (including phenoxy) is 1. The Balaban J connectivity index is 1.61. The van der Waals surface area contributed by atoms with Crippen LogP contribution >= 0.6 is 15.9 Å². The number of anilines is 1. The maximum Gasteiger partial charge on any atom is 0.269 e. The first-order valence-corrected chi connectivity index (χ1v) is 7.74. The summed E-state index contributed by atoms with van der Waals surface area (Å²) in [7, 11) is 1.61. The molecule has 0 bridgehead atoms. The molecule has 0 fully saturated rings. The summed E-state index contributed by atoms with van der Waals surface area (Å²) in [5, 5.41) is 6.72. The summed E-state index contributed by atoms with van der Waals surface area (Å²) < 4.78 is 5.97. The molecule has 0 unspecified atom stereocenters. The monoisotopic (exact) mass is 375 g/mol. The van der Waals surface area contributed by atoms with Gasteiger partial charge in [-0.1, -0.05) is 5.16 Å². The number of aromatic nitrogens is 1. The van der Waals surface area contributed by atoms with E-state index in [1.54, 1.807) is 25.4 Å². The molecule has 1 aromatic heterocycles. The van der Waals surface area contributed by atoms with Crippen LogP contribution in [0, 0.1) is 0 Å². The van der Waals surface area contributed by atoms with Crippen molar-refractivity contribution >= 4 is 33.4 Å². The number of hydrogen-bond acceptors (Lipinski definition) is 5. The number of carbonyl (C=O) groups is 1. The van der Waals surface area contributed by atoms with Gasteiger partial charge in [0.2, 0.25) is 6.10 Å². The van der Waals surface area contributed by atoms with Gasteiger partial charge in [-0.25, -0.2) is 4.98 Å². The zero-order chi connectivity index (χ0) is 16.2. The normalized spacial score (nSPS) is 16.4. The van der Waals surface area contributed by atoms with E-state index in [4.69, 9.17) is 9.57 Å². The summed E-state index contributed by atoms with van der Waals surface area (Å²) in [6.45, 7) is 0. The summed E-state index contributed by atoms with van der Waals surface area (Å²) in [5.41, 5.74) is 1.64. The predicted octanol–water partition coefficient (Wildman–Crippen LogP) is 2.98. The fourth-order valence-corrected chi connectivity index (χ4v) is 2.36. The highest BCUT2D eigenvalue weighted by Crippen LogP contribution is 2.20. The van der Waals surface area contributed by atoms with Crippen molar-refractivity contribution in [3.8, 4) is 5.75 Å². The number of nitrogens with zero attached hydrogens (tertiary/aromatic N) is 2. The van der Waals surface area contributed by atoms with E-state index >= 15 is 0 Å². The Morgan fingerprint density at radius 3 is 2.74 bits per heavy atom. The molecule has 3 rings (SSSR count). The van der Waals surface area contributed by atoms with Crippen molar-refractivity contribution in [3.05, 3.63) is 52.6 Å². The summed E-state index contributed by atoms with van der Waals surface area (Å²) in [6, 6.07) is 11.0. The zero-order valence-corrected chi connectivity index (χ0v) is 13.9. The van der Waals surface area contributed by atoms with E-state index in [0.29, 0.717) is 12.2 Å². The van der Waals surface area contributed by atoms with Gasteiger partial charge in [-0.3, -0.25) is 4.79 Å². The Bertz CT molecular complexity index is 729. The van der Waals surface area contributed by atoms with Gasteiger partial charge in [-0.2, -0.15) is 0 Å². The van der Waals surface area contributed by atoms with Crippen LogP contribution in [-0.2, 0) is 9.63 Å². The van der Waals surface area contributed by atoms with Crippen LogP contribution < -0.4 is 10.1 Å². The van der Waals surface area contributed by atoms with E-state index in [2.05, 4.69) is 31.4 Å². The van der Waals surface area contributed by atoms with Crippen LogP contribution in [0.1, 0.15) is 12.0 Å². The van der Waals surface area contributed by atoms with Crippen LogP contribution in [0.3, 0.4) is 0 Å². The highest BCUT2D eigenvalue weighted by atomic mass is 79.9. The fraction of sp³-hybridized carbons (Fsp3) is 0.188. The number of rotatable bonds is 4. The Morgan fingerprint density at radius 2 is 2.09 bits per heavy atom. The first-order chi connectivity index (χ1) is 11.2. The molecule has 0 aliphatic carbocycles. The number of nitrogens with one attached hydrogen (secondary N) is 1. The zero-order valence-electron chi connectivity index (χ0n) is 12.3. The first kappa shape index (κ1) is 15.5. The van der Waals surface area contributed by atoms with Gasteiger partial charge in [0, 0.05) is 17.1 Å². The quantitative estimate of drug-likeness (QED) is 0.891. The van der Waals surface area contributed by atoms with Gasteiger partial charge in [0.25, 0.3) is 5.91 Å². The standard InChI is InChI=1S/C16H14BrN3O3/c1-22-12-5-2-10(3-6-12)13-8-14(23-20-13)16(21)19-15-7-4-11(17)9-18-15/h2-7,9,14H,8H2,1H3,(H,18,19,21)/t14-/m1/s1. The van der Waals surface area contributed by atoms with E-state index in [1.165, 1.54) is 0 Å². The van der Waals surface area contributed by atoms with Crippen molar-refractivity contribution < 1.29 is 14.4 Å². The molecule has 118 valence electrons. The fourth-order valence-electron chi connectivity index (χ4n) is 2.13. The molecule has 0 saturated carbocycles. The molecule has 23 heavy (non-hydrogen) atoms. The molecule has 1 aromatic carbocycles. The minimum atomic E-state index is -0.655. The average Bonchev–Trinajstić information content (AvgIpc) is 3.07. The van der Waals surface area contributed by atoms with Gasteiger partial charge in [0.05, 0.1) is 12.8 Å². The lowest BCUT2D eigenvalue weighted by Crippen LogP contribution is -2.28. The molecule has 7 heteroatoms. The maximum atomic E-state index is 12.2. The minimum Gasteiger partial charge on any atom is -0.497 e. The number of carbonyl (C=O) groups excluding carboxylic acids is 1. The second-order valence-corrected chi connectivity index (χ2v) is 5.83. The number of methoxy groups -OCH3 is 1. The molecule has 0 radical (unpaired) electrons. The predicted molar refractivity (Wildman–Crippen MR) is 89.6 cm³/mol. The summed E-state index contributed by atoms with van der Waals surface area (Å²) >= 11 is 3.29. The van der Waals surface area contributed by atoms with Crippen LogP contribution in [0.15, 0.2) is 52.2 Å². The topological polar surface area (TPSA) is 72.8 Å². The minimum absolute atomic E-state index is 0.271. The van der Waals surface area contributed by atoms with Gasteiger partial charge >= 0.3 is 0 Å². The van der Waals surface area contributed by atoms with Crippen molar-refractivity contribution in [3.63, 3.8) is 0 Å². The van der Waals surface area contributed by atoms with Crippen LogP contribution in [0.25, 0.3) is 0 Å². The maximum absolute atomic E-state index is 12.2. The Kier molecular flexibility index (Phi) is 4.57. The number of pyridine rings is 1. The van der Waals surface area contributed by atoms with E-state index < -0.39 is 6.10 Å². The lowest BCUT2D eigenvalue weighted by molar-refractivity contribution is -0.125. The molecule has 0 spiro atoms. The highest BCUT2D eigenvalue weighted by Gasteiger charge is 2.29. The van der Waals surface area contributed by atoms with Gasteiger partial charge in [-0.05, 0) is 57.9 Å². The first-order valence-electron chi connectivity index (χ1n) is 6.95. The van der Waals surface area contributed by atoms with Crippen molar-refractivity contribution in [2.75, 3.05) is 12.4 Å². The van der Waals surface area contributed by atoms with Gasteiger partial charge < -0.3 is 14.9 Å². The van der Waals surface area contributed by atoms with Crippen LogP contribution in [-0.4, -0.2) is 29.8 Å². The summed E-state index contributed by atoms with van der Waals surface area (Å²) in [6.07, 6.45) is 1.37. The molecule has 6 nitrogen and oxygen atoms in total. The smallest absolute Gasteiger partial charge is 0.269 e. The van der Waals surface area contributed by atoms with Crippen molar-refractivity contribution in [2.24, 2.45) is 5.16 Å². The molecular formula is C16H14BrN3O3. The van der Waals surface area contributed by atoms with Crippen molar-refractivity contribution in [2.45, 2.75) is 12.5 Å². The van der Waals surface area contributed by atoms with E-state index in [9.17, 15) is 4.79 Å². The SMILES string of the molecule is COc1ccc(C2=NO[C@@H](C(=O)Nc3ccc(Br)cn3)C2)cc1. The molecule has 1 aliphatic rings. The van der Waals surface area contributed by atoms with Gasteiger partial charge in [0.1, 0.15) is 11.6 Å². The summed E-state index contributed by atoms with van der Waals surface area (Å²) in [4.78, 5) is 21.5. The molecule has 0 saturated heterocycles. The Hall–Kier alpha value is -2.41. The van der Waals surface area contributed by atoms with Gasteiger partial charge in [-0.15, -0.1) is 0 Å². The number of benzene rings is 1. The Labute approximate surface area is 141 Å². The second-order valence-electron chi connectivity index (χ2n) is 4.92. The Morgan fingerprint density at radius 1 is 1.30 bits per heavy atom. The lowest BCUT2D eigenvalue weighted by Gasteiger charge is -2.08. The molecule has 1 amide bonds. The molecule has 1 aliphatic heterocycles. The summed E-state index contributed by atoms with van der Waals surface area (Å²) in [5.74, 6) is 0.968. The third-order valence-corrected chi connectivity index (χ3v) is 3.83. The van der Waals surface area contributed by atoms with Crippen molar-refractivity contribution in [1.29, 1.82) is 0 Å². The third kappa shape index (κ3) is 3.68. The lowest BCUT2D eigenvalue weighted by atomic mass is 10.0. The number of hydrogen-bond donors (Lipinski definition) is 1. The molecule has 2 aromatic rings. The van der Waals surface area contributed by atoms with Crippen LogP contribution in [0.5, 0.6) is 5.75 Å². The third-order valence-electron chi connectivity index (χ3n) is 3.36. The highest BCUT2D eigenvalue weighted by molar-refractivity contribution is 9.10. The van der Waals surface area contributed by atoms with Crippen LogP contribution in [0.2, 0.25) is 0 Å². The van der Waals surface area contributed by atoms with E-state index in [-0.39, 0.29) is 5.91 Å². The van der Waals surface area contributed by atoms with Crippen molar-refractivity contribution in [1.82, 2.24) is 4.98 Å². The number of halogens is 1. The number of amides is 1. The molecule has 2 heterocycles. The number of oxime groups is 1. The molecule has 1 N–H and O–H groups in total. The van der Waals surface area contributed by atoms with Crippen LogP contribution in [0.4, 0.5) is 5.82 Å². The van der Waals surface area contributed by atoms with E-state index in [0.717, 1.165) is 21.5 Å².